The molecule has 2 N–H and O–H groups in total. The number of aromatic nitrogens is 6. The zero-order valence-corrected chi connectivity index (χ0v) is 9.01. The molecule has 2 rings (SSSR count). The Bertz CT molecular complexity index is 425. The van der Waals surface area contributed by atoms with Gasteiger partial charge in [0.2, 0.25) is 0 Å². The molecule has 0 unspecified atom stereocenters. The minimum Gasteiger partial charge on any atom is -0.381 e. The van der Waals surface area contributed by atoms with Crippen molar-refractivity contribution in [1.29, 1.82) is 0 Å². The molecule has 0 saturated heterocycles. The van der Waals surface area contributed by atoms with Crippen molar-refractivity contribution in [1.82, 2.24) is 30.0 Å². The quantitative estimate of drug-likeness (QED) is 0.805. The molecule has 2 heterocycles. The van der Waals surface area contributed by atoms with E-state index in [2.05, 4.69) is 36.4 Å². The summed E-state index contributed by atoms with van der Waals surface area (Å²) in [7, 11) is 1.71. The molecule has 0 aliphatic carbocycles. The van der Waals surface area contributed by atoms with E-state index in [4.69, 9.17) is 5.73 Å². The van der Waals surface area contributed by atoms with Crippen LogP contribution in [-0.2, 0) is 13.6 Å². The molecular weight excluding hydrogens is 250 g/mol. The molecule has 2 aromatic heterocycles. The average Bonchev–Trinajstić information content (AvgIpc) is 2.62. The highest BCUT2D eigenvalue weighted by molar-refractivity contribution is 9.10. The van der Waals surface area contributed by atoms with Crippen molar-refractivity contribution >= 4 is 21.7 Å². The Morgan fingerprint density at radius 2 is 2.29 bits per heavy atom. The van der Waals surface area contributed by atoms with Gasteiger partial charge >= 0.3 is 0 Å². The highest BCUT2D eigenvalue weighted by Gasteiger charge is 2.05. The smallest absolute Gasteiger partial charge is 0.196 e. The van der Waals surface area contributed by atoms with Crippen LogP contribution in [0, 0.1) is 0 Å². The highest BCUT2D eigenvalue weighted by atomic mass is 79.9. The van der Waals surface area contributed by atoms with E-state index in [1.54, 1.807) is 17.9 Å². The lowest BCUT2D eigenvalue weighted by molar-refractivity contribution is 0.618. The van der Waals surface area contributed by atoms with Crippen molar-refractivity contribution in [3.05, 3.63) is 16.5 Å². The second-order valence-electron chi connectivity index (χ2n) is 2.75. The van der Waals surface area contributed by atoms with Gasteiger partial charge in [-0.25, -0.2) is 0 Å². The predicted molar refractivity (Wildman–Crippen MR) is 52.2 cm³/mol. The fourth-order valence-corrected chi connectivity index (χ4v) is 1.34. The number of nitrogens with zero attached hydrogens (tertiary/aromatic N) is 6. The summed E-state index contributed by atoms with van der Waals surface area (Å²) in [6.45, 7) is 0.462. The summed E-state index contributed by atoms with van der Waals surface area (Å²) < 4.78 is 2.41. The lowest BCUT2D eigenvalue weighted by Gasteiger charge is -1.93. The van der Waals surface area contributed by atoms with E-state index in [9.17, 15) is 0 Å². The lowest BCUT2D eigenvalue weighted by Crippen LogP contribution is -2.03. The molecule has 0 aliphatic rings. The van der Waals surface area contributed by atoms with Crippen LogP contribution in [-0.4, -0.2) is 30.0 Å². The minimum atomic E-state index is 0.453. The molecule has 0 amide bonds. The van der Waals surface area contributed by atoms with E-state index >= 15 is 0 Å². The second kappa shape index (κ2) is 3.37. The maximum absolute atomic E-state index is 5.56. The molecule has 74 valence electrons. The fraction of sp³-hybridized carbons (Fsp3) is 0.333. The van der Waals surface area contributed by atoms with Gasteiger partial charge in [-0.2, -0.15) is 9.90 Å². The Morgan fingerprint density at radius 3 is 2.79 bits per heavy atom. The summed E-state index contributed by atoms with van der Waals surface area (Å²) in [6, 6.07) is 0. The third kappa shape index (κ3) is 1.74. The van der Waals surface area contributed by atoms with Crippen LogP contribution in [0.25, 0.3) is 0 Å². The van der Waals surface area contributed by atoms with Gasteiger partial charge < -0.3 is 5.73 Å². The summed E-state index contributed by atoms with van der Waals surface area (Å²) in [6.07, 6.45) is 1.77. The summed E-state index contributed by atoms with van der Waals surface area (Å²) in [5, 5.41) is 15.6. The largest absolute Gasteiger partial charge is 0.381 e. The van der Waals surface area contributed by atoms with Gasteiger partial charge in [-0.05, 0) is 21.1 Å². The van der Waals surface area contributed by atoms with Gasteiger partial charge in [-0.3, -0.25) is 4.68 Å². The third-order valence-corrected chi connectivity index (χ3v) is 2.21. The Labute approximate surface area is 88.0 Å². The van der Waals surface area contributed by atoms with Crippen LogP contribution in [0.15, 0.2) is 10.7 Å². The number of hydrogen-bond donors (Lipinski definition) is 1. The number of hydrogen-bond acceptors (Lipinski definition) is 5. The van der Waals surface area contributed by atoms with Crippen LogP contribution < -0.4 is 5.73 Å². The minimum absolute atomic E-state index is 0.453. The maximum Gasteiger partial charge on any atom is 0.196 e. The van der Waals surface area contributed by atoms with Crippen LogP contribution in [0.2, 0.25) is 0 Å². The lowest BCUT2D eigenvalue weighted by atomic mass is 10.6. The van der Waals surface area contributed by atoms with E-state index < -0.39 is 0 Å². The van der Waals surface area contributed by atoms with Gasteiger partial charge in [0.15, 0.2) is 11.6 Å². The standard InChI is InChI=1S/C6H8BrN7/c1-13-10-5(9-12-13)3-14-2-4(7)6(8)11-14/h2H,3H2,1H3,(H2,8,11). The normalized spacial score (nSPS) is 10.7. The molecule has 0 atom stereocenters. The van der Waals surface area contributed by atoms with Crippen LogP contribution in [0.1, 0.15) is 5.82 Å². The first kappa shape index (κ1) is 9.13. The van der Waals surface area contributed by atoms with Crippen molar-refractivity contribution in [2.45, 2.75) is 6.54 Å². The van der Waals surface area contributed by atoms with Crippen molar-refractivity contribution in [3.8, 4) is 0 Å². The van der Waals surface area contributed by atoms with Crippen molar-refractivity contribution in [2.24, 2.45) is 7.05 Å². The molecule has 7 nitrogen and oxygen atoms in total. The first-order chi connectivity index (χ1) is 6.65. The summed E-state index contributed by atoms with van der Waals surface area (Å²) in [5.74, 6) is 1.05. The number of rotatable bonds is 2. The Hall–Kier alpha value is -1.44. The van der Waals surface area contributed by atoms with Crippen LogP contribution >= 0.6 is 15.9 Å². The Morgan fingerprint density at radius 1 is 1.50 bits per heavy atom. The topological polar surface area (TPSA) is 87.4 Å². The Balaban J connectivity index is 2.18. The van der Waals surface area contributed by atoms with Gasteiger partial charge in [0.1, 0.15) is 6.54 Å². The molecule has 0 bridgehead atoms. The van der Waals surface area contributed by atoms with Crippen molar-refractivity contribution in [2.75, 3.05) is 5.73 Å². The number of nitrogens with two attached hydrogens (primary N) is 1. The average molecular weight is 258 g/mol. The molecule has 0 spiro atoms. The molecule has 0 fully saturated rings. The van der Waals surface area contributed by atoms with Crippen LogP contribution in [0.4, 0.5) is 5.82 Å². The Kier molecular flexibility index (Phi) is 2.20. The van der Waals surface area contributed by atoms with Gasteiger partial charge in [-0.15, -0.1) is 10.2 Å². The SMILES string of the molecule is Cn1nnc(Cn2cc(Br)c(N)n2)n1. The highest BCUT2D eigenvalue weighted by Crippen LogP contribution is 2.16. The second-order valence-corrected chi connectivity index (χ2v) is 3.61. The molecule has 2 aromatic rings. The maximum atomic E-state index is 5.56. The molecule has 0 aromatic carbocycles. The number of nitrogen functional groups attached to an aromatic ring is 1. The third-order valence-electron chi connectivity index (χ3n) is 1.60. The van der Waals surface area contributed by atoms with E-state index in [-0.39, 0.29) is 0 Å². The summed E-state index contributed by atoms with van der Waals surface area (Å²) in [5.41, 5.74) is 5.56. The number of tetrazole rings is 1. The summed E-state index contributed by atoms with van der Waals surface area (Å²) in [4.78, 5) is 1.40. The predicted octanol–water partition coefficient (Wildman–Crippen LogP) is -0.200. The van der Waals surface area contributed by atoms with Gasteiger partial charge in [0, 0.05) is 6.20 Å². The van der Waals surface area contributed by atoms with Crippen molar-refractivity contribution < 1.29 is 0 Å². The molecule has 0 radical (unpaired) electrons. The van der Waals surface area contributed by atoms with E-state index in [1.807, 2.05) is 0 Å². The van der Waals surface area contributed by atoms with Crippen molar-refractivity contribution in [3.63, 3.8) is 0 Å². The van der Waals surface area contributed by atoms with Gasteiger partial charge in [0.05, 0.1) is 11.5 Å². The first-order valence-corrected chi connectivity index (χ1v) is 4.66. The monoisotopic (exact) mass is 257 g/mol. The zero-order chi connectivity index (χ0) is 10.1. The number of aryl methyl sites for hydroxylation is 1. The van der Waals surface area contributed by atoms with Gasteiger partial charge in [0.25, 0.3) is 0 Å². The fourth-order valence-electron chi connectivity index (χ4n) is 1.02. The molecule has 0 saturated carbocycles. The number of halogens is 1. The molecule has 8 heteroatoms. The number of anilines is 1. The van der Waals surface area contributed by atoms with E-state index in [1.165, 1.54) is 4.80 Å². The van der Waals surface area contributed by atoms with Gasteiger partial charge in [-0.1, -0.05) is 0 Å². The molecule has 0 aliphatic heterocycles. The van der Waals surface area contributed by atoms with Crippen LogP contribution in [0.5, 0.6) is 0 Å². The van der Waals surface area contributed by atoms with E-state index in [0.717, 1.165) is 4.47 Å². The molecular formula is C6H8BrN7. The van der Waals surface area contributed by atoms with Crippen LogP contribution in [0.3, 0.4) is 0 Å². The summed E-state index contributed by atoms with van der Waals surface area (Å²) >= 11 is 3.26. The molecule has 14 heavy (non-hydrogen) atoms. The van der Waals surface area contributed by atoms with E-state index in [0.29, 0.717) is 18.2 Å². The first-order valence-electron chi connectivity index (χ1n) is 3.86. The zero-order valence-electron chi connectivity index (χ0n) is 7.42.